The summed E-state index contributed by atoms with van der Waals surface area (Å²) in [5, 5.41) is 8.45. The van der Waals surface area contributed by atoms with Crippen molar-refractivity contribution in [2.45, 2.75) is 20.4 Å². The molecule has 2 heterocycles. The molecule has 28 heavy (non-hydrogen) atoms. The van der Waals surface area contributed by atoms with Crippen molar-refractivity contribution in [3.8, 4) is 11.5 Å². The van der Waals surface area contributed by atoms with Gasteiger partial charge in [-0.25, -0.2) is 0 Å². The maximum Gasteiger partial charge on any atom is 0.271 e. The van der Waals surface area contributed by atoms with E-state index >= 15 is 0 Å². The lowest BCUT2D eigenvalue weighted by Gasteiger charge is -2.33. The van der Waals surface area contributed by atoms with Gasteiger partial charge in [0.25, 0.3) is 5.89 Å². The molecule has 1 saturated heterocycles. The number of carbonyl (C=O) groups excluding carboxylic acids is 1. The van der Waals surface area contributed by atoms with Crippen molar-refractivity contribution in [3.63, 3.8) is 0 Å². The second-order valence-corrected chi connectivity index (χ2v) is 7.39. The Morgan fingerprint density at radius 2 is 1.86 bits per heavy atom. The number of benzene rings is 2. The van der Waals surface area contributed by atoms with Crippen LogP contribution in [0.3, 0.4) is 0 Å². The molecular formula is C22H25N4O2+. The number of piperazine rings is 1. The van der Waals surface area contributed by atoms with Crippen LogP contribution < -0.4 is 9.80 Å². The number of anilines is 1. The fourth-order valence-corrected chi connectivity index (χ4v) is 3.60. The van der Waals surface area contributed by atoms with Gasteiger partial charge in [0.1, 0.15) is 0 Å². The summed E-state index contributed by atoms with van der Waals surface area (Å²) in [6.07, 6.45) is 0. The van der Waals surface area contributed by atoms with E-state index in [0.29, 0.717) is 11.8 Å². The lowest BCUT2D eigenvalue weighted by molar-refractivity contribution is -0.915. The first-order chi connectivity index (χ1) is 13.6. The molecule has 0 aliphatic carbocycles. The van der Waals surface area contributed by atoms with Crippen LogP contribution in [0, 0.1) is 6.92 Å². The quantitative estimate of drug-likeness (QED) is 0.691. The van der Waals surface area contributed by atoms with Crippen molar-refractivity contribution >= 4 is 11.5 Å². The van der Waals surface area contributed by atoms with E-state index in [2.05, 4.69) is 34.2 Å². The smallest absolute Gasteiger partial charge is 0.271 e. The molecule has 0 unspecified atom stereocenters. The maximum absolute atomic E-state index is 11.4. The number of aromatic nitrogens is 2. The van der Waals surface area contributed by atoms with Gasteiger partial charge >= 0.3 is 0 Å². The van der Waals surface area contributed by atoms with E-state index in [1.54, 1.807) is 6.92 Å². The van der Waals surface area contributed by atoms with Gasteiger partial charge < -0.3 is 14.2 Å². The minimum absolute atomic E-state index is 0.102. The molecule has 1 fully saturated rings. The summed E-state index contributed by atoms with van der Waals surface area (Å²) in [6, 6.07) is 16.0. The predicted molar refractivity (Wildman–Crippen MR) is 108 cm³/mol. The third-order valence-corrected chi connectivity index (χ3v) is 5.24. The second kappa shape index (κ2) is 7.94. The lowest BCUT2D eigenvalue weighted by atomic mass is 10.1. The predicted octanol–water partition coefficient (Wildman–Crippen LogP) is 2.15. The Kier molecular flexibility index (Phi) is 5.21. The second-order valence-electron chi connectivity index (χ2n) is 7.39. The molecule has 1 aliphatic rings. The lowest BCUT2D eigenvalue weighted by Crippen LogP contribution is -3.13. The van der Waals surface area contributed by atoms with Gasteiger partial charge in [-0.2, -0.15) is 0 Å². The molecule has 4 rings (SSSR count). The van der Waals surface area contributed by atoms with Crippen LogP contribution in [-0.4, -0.2) is 42.2 Å². The number of aryl methyl sites for hydroxylation is 1. The number of quaternary nitrogens is 1. The van der Waals surface area contributed by atoms with E-state index < -0.39 is 0 Å². The zero-order valence-corrected chi connectivity index (χ0v) is 16.3. The number of carbonyl (C=O) groups is 1. The molecule has 0 atom stereocenters. The van der Waals surface area contributed by atoms with E-state index in [9.17, 15) is 4.79 Å². The molecule has 1 N–H and O–H groups in total. The first kappa shape index (κ1) is 18.4. The molecule has 0 saturated carbocycles. The normalized spacial score (nSPS) is 15.0. The summed E-state index contributed by atoms with van der Waals surface area (Å²) in [6.45, 7) is 8.35. The van der Waals surface area contributed by atoms with Gasteiger partial charge in [-0.1, -0.05) is 17.7 Å². The number of nitrogens with zero attached hydrogens (tertiary/aromatic N) is 3. The number of nitrogens with one attached hydrogen (secondary N) is 1. The van der Waals surface area contributed by atoms with E-state index in [0.717, 1.165) is 43.9 Å². The first-order valence-corrected chi connectivity index (χ1v) is 9.67. The highest BCUT2D eigenvalue weighted by Gasteiger charge is 2.22. The van der Waals surface area contributed by atoms with Crippen LogP contribution >= 0.6 is 0 Å². The average molecular weight is 377 g/mol. The van der Waals surface area contributed by atoms with E-state index in [1.807, 2.05) is 36.4 Å². The fraction of sp³-hybridized carbons (Fsp3) is 0.318. The van der Waals surface area contributed by atoms with Crippen molar-refractivity contribution in [3.05, 3.63) is 65.5 Å². The summed E-state index contributed by atoms with van der Waals surface area (Å²) in [5.74, 6) is 1.37. The van der Waals surface area contributed by atoms with E-state index in [4.69, 9.17) is 4.42 Å². The third-order valence-electron chi connectivity index (χ3n) is 5.24. The molecule has 6 nitrogen and oxygen atoms in total. The Balaban J connectivity index is 1.34. The van der Waals surface area contributed by atoms with Crippen LogP contribution in [0.25, 0.3) is 11.5 Å². The van der Waals surface area contributed by atoms with Crippen molar-refractivity contribution in [2.75, 3.05) is 31.1 Å². The highest BCUT2D eigenvalue weighted by Crippen LogP contribution is 2.19. The summed E-state index contributed by atoms with van der Waals surface area (Å²) in [5.41, 5.74) is 4.07. The molecule has 1 aliphatic heterocycles. The Labute approximate surface area is 164 Å². The van der Waals surface area contributed by atoms with Crippen LogP contribution in [0.15, 0.2) is 52.9 Å². The number of rotatable bonds is 5. The van der Waals surface area contributed by atoms with Crippen LogP contribution in [0.4, 0.5) is 5.69 Å². The molecule has 3 aromatic rings. The first-order valence-electron chi connectivity index (χ1n) is 9.67. The monoisotopic (exact) mass is 377 g/mol. The molecule has 144 valence electrons. The average Bonchev–Trinajstić information content (AvgIpc) is 3.17. The fourth-order valence-electron chi connectivity index (χ4n) is 3.60. The van der Waals surface area contributed by atoms with Gasteiger partial charge in [0, 0.05) is 16.8 Å². The minimum atomic E-state index is 0.102. The van der Waals surface area contributed by atoms with Crippen LogP contribution in [0.2, 0.25) is 0 Å². The third kappa shape index (κ3) is 4.12. The van der Waals surface area contributed by atoms with Crippen LogP contribution in [-0.2, 0) is 6.54 Å². The van der Waals surface area contributed by atoms with Crippen LogP contribution in [0.5, 0.6) is 0 Å². The molecule has 0 amide bonds. The Morgan fingerprint density at radius 3 is 2.54 bits per heavy atom. The van der Waals surface area contributed by atoms with Crippen molar-refractivity contribution in [1.29, 1.82) is 0 Å². The highest BCUT2D eigenvalue weighted by atomic mass is 16.4. The largest absolute Gasteiger partial charge is 0.415 e. The zero-order valence-electron chi connectivity index (χ0n) is 16.3. The number of hydrogen-bond acceptors (Lipinski definition) is 5. The summed E-state index contributed by atoms with van der Waals surface area (Å²) >= 11 is 0. The Bertz CT molecular complexity index is 957. The number of Topliss-reactive ketones (excluding diaryl/α,β-unsaturated/α-hetero) is 1. The highest BCUT2D eigenvalue weighted by molar-refractivity contribution is 5.94. The number of hydrogen-bond donors (Lipinski definition) is 1. The van der Waals surface area contributed by atoms with Crippen molar-refractivity contribution < 1.29 is 14.1 Å². The summed E-state index contributed by atoms with van der Waals surface area (Å²) in [4.78, 5) is 15.2. The van der Waals surface area contributed by atoms with E-state index in [1.165, 1.54) is 16.2 Å². The SMILES string of the molecule is CC(=O)c1ccc(N2CC[NH+](Cc3nnc(-c4cccc(C)c4)o3)CC2)cc1. The van der Waals surface area contributed by atoms with Gasteiger partial charge in [-0.05, 0) is 50.2 Å². The summed E-state index contributed by atoms with van der Waals surface area (Å²) < 4.78 is 5.89. The van der Waals surface area contributed by atoms with Crippen LogP contribution in [0.1, 0.15) is 28.7 Å². The molecular weight excluding hydrogens is 352 g/mol. The summed E-state index contributed by atoms with van der Waals surface area (Å²) in [7, 11) is 0. The van der Waals surface area contributed by atoms with Gasteiger partial charge in [-0.15, -0.1) is 10.2 Å². The minimum Gasteiger partial charge on any atom is -0.415 e. The Morgan fingerprint density at radius 1 is 1.11 bits per heavy atom. The van der Waals surface area contributed by atoms with Gasteiger partial charge in [0.15, 0.2) is 12.3 Å². The van der Waals surface area contributed by atoms with Gasteiger partial charge in [0.2, 0.25) is 5.89 Å². The molecule has 0 radical (unpaired) electrons. The topological polar surface area (TPSA) is 63.7 Å². The van der Waals surface area contributed by atoms with Gasteiger partial charge in [-0.3, -0.25) is 4.79 Å². The maximum atomic E-state index is 11.4. The van der Waals surface area contributed by atoms with Crippen molar-refractivity contribution in [1.82, 2.24) is 10.2 Å². The standard InChI is InChI=1S/C22H24N4O2/c1-16-4-3-5-19(14-16)22-24-23-21(28-22)15-25-10-12-26(13-11-25)20-8-6-18(7-9-20)17(2)27/h3-9,14H,10-13,15H2,1-2H3/p+1. The molecule has 0 bridgehead atoms. The van der Waals surface area contributed by atoms with Crippen molar-refractivity contribution in [2.24, 2.45) is 0 Å². The molecule has 1 aromatic heterocycles. The molecule has 0 spiro atoms. The molecule has 2 aromatic carbocycles. The van der Waals surface area contributed by atoms with Gasteiger partial charge in [0.05, 0.1) is 26.2 Å². The van der Waals surface area contributed by atoms with E-state index in [-0.39, 0.29) is 5.78 Å². The number of ketones is 1. The Hall–Kier alpha value is -2.99. The zero-order chi connectivity index (χ0) is 19.5. The molecule has 6 heteroatoms.